The molecule has 7 nitrogen and oxygen atoms in total. The maximum Gasteiger partial charge on any atom is 0.326 e. The average molecular weight is 475 g/mol. The van der Waals surface area contributed by atoms with Crippen LogP contribution in [0.2, 0.25) is 0 Å². The Hall–Kier alpha value is -2.78. The first-order valence-electron chi connectivity index (χ1n) is 10.3. The summed E-state index contributed by atoms with van der Waals surface area (Å²) in [5.41, 5.74) is 3.59. The number of carbonyl (C=O) groups is 2. The minimum Gasteiger partial charge on any atom is -0.465 e. The molecule has 0 saturated heterocycles. The summed E-state index contributed by atoms with van der Waals surface area (Å²) in [7, 11) is -3.29. The topological polar surface area (TPSA) is 94.8 Å². The van der Waals surface area contributed by atoms with E-state index in [1.807, 2.05) is 26.0 Å². The smallest absolute Gasteiger partial charge is 0.326 e. The van der Waals surface area contributed by atoms with Crippen LogP contribution in [-0.4, -0.2) is 37.2 Å². The van der Waals surface area contributed by atoms with Gasteiger partial charge in [0.15, 0.2) is 14.6 Å². The fourth-order valence-corrected chi connectivity index (χ4v) is 5.37. The standard InChI is InChI=1S/C23H26N2O5S2/c1-5-30-21(27)14-25-19-12-15(3)11-16(4)22(19)31-23(25)24-20(26)13-17-7-9-18(10-8-17)32(28,29)6-2/h7-12H,5-6,13-14H2,1-4H3. The number of carbonyl (C=O) groups excluding carboxylic acids is 2. The molecule has 0 saturated carbocycles. The van der Waals surface area contributed by atoms with Crippen molar-refractivity contribution in [3.63, 3.8) is 0 Å². The number of thiazole rings is 1. The quantitative estimate of drug-likeness (QED) is 0.490. The van der Waals surface area contributed by atoms with Crippen LogP contribution in [0.3, 0.4) is 0 Å². The molecule has 0 aliphatic heterocycles. The Morgan fingerprint density at radius 1 is 1.09 bits per heavy atom. The van der Waals surface area contributed by atoms with Gasteiger partial charge in [0.25, 0.3) is 5.91 Å². The molecule has 0 aliphatic rings. The summed E-state index contributed by atoms with van der Waals surface area (Å²) in [6.45, 7) is 7.53. The number of fused-ring (bicyclic) bond motifs is 1. The highest BCUT2D eigenvalue weighted by atomic mass is 32.2. The van der Waals surface area contributed by atoms with Gasteiger partial charge in [-0.25, -0.2) is 8.42 Å². The molecule has 9 heteroatoms. The van der Waals surface area contributed by atoms with E-state index in [-0.39, 0.29) is 36.1 Å². The predicted molar refractivity (Wildman–Crippen MR) is 124 cm³/mol. The van der Waals surface area contributed by atoms with Gasteiger partial charge in [0.05, 0.1) is 33.9 Å². The van der Waals surface area contributed by atoms with E-state index in [1.165, 1.54) is 23.5 Å². The van der Waals surface area contributed by atoms with Crippen LogP contribution < -0.4 is 4.80 Å². The molecule has 32 heavy (non-hydrogen) atoms. The van der Waals surface area contributed by atoms with Crippen LogP contribution in [0.1, 0.15) is 30.5 Å². The minimum atomic E-state index is -3.29. The molecular weight excluding hydrogens is 448 g/mol. The second kappa shape index (κ2) is 9.79. The second-order valence-electron chi connectivity index (χ2n) is 7.44. The first-order chi connectivity index (χ1) is 15.1. The molecule has 0 bridgehead atoms. The molecule has 3 aromatic rings. The minimum absolute atomic E-state index is 0.0197. The molecular formula is C23H26N2O5S2. The molecule has 0 unspecified atom stereocenters. The number of hydrogen-bond acceptors (Lipinski definition) is 6. The Balaban J connectivity index is 1.97. The number of aryl methyl sites for hydroxylation is 2. The van der Waals surface area contributed by atoms with Crippen molar-refractivity contribution in [2.75, 3.05) is 12.4 Å². The van der Waals surface area contributed by atoms with Crippen molar-refractivity contribution in [1.29, 1.82) is 0 Å². The molecule has 2 aromatic carbocycles. The zero-order valence-corrected chi connectivity index (χ0v) is 20.2. The van der Waals surface area contributed by atoms with E-state index in [0.29, 0.717) is 10.4 Å². The third-order valence-electron chi connectivity index (χ3n) is 4.95. The lowest BCUT2D eigenvalue weighted by molar-refractivity contribution is -0.143. The monoisotopic (exact) mass is 474 g/mol. The number of benzene rings is 2. The van der Waals surface area contributed by atoms with Gasteiger partial charge in [0.1, 0.15) is 6.54 Å². The number of rotatable bonds is 7. The van der Waals surface area contributed by atoms with Gasteiger partial charge in [0.2, 0.25) is 0 Å². The van der Waals surface area contributed by atoms with Gasteiger partial charge >= 0.3 is 5.97 Å². The van der Waals surface area contributed by atoms with E-state index in [9.17, 15) is 18.0 Å². The third kappa shape index (κ3) is 5.34. The zero-order valence-electron chi connectivity index (χ0n) is 18.5. The van der Waals surface area contributed by atoms with Crippen LogP contribution in [-0.2, 0) is 37.1 Å². The third-order valence-corrected chi connectivity index (χ3v) is 7.93. The maximum absolute atomic E-state index is 12.7. The largest absolute Gasteiger partial charge is 0.465 e. The normalized spacial score (nSPS) is 12.3. The van der Waals surface area contributed by atoms with Gasteiger partial charge in [-0.05, 0) is 55.7 Å². The van der Waals surface area contributed by atoms with Crippen LogP contribution in [0.25, 0.3) is 10.2 Å². The maximum atomic E-state index is 12.7. The summed E-state index contributed by atoms with van der Waals surface area (Å²) in [6.07, 6.45) is 0.0259. The lowest BCUT2D eigenvalue weighted by Crippen LogP contribution is -2.23. The summed E-state index contributed by atoms with van der Waals surface area (Å²) < 4.78 is 31.7. The van der Waals surface area contributed by atoms with Gasteiger partial charge in [0, 0.05) is 0 Å². The highest BCUT2D eigenvalue weighted by molar-refractivity contribution is 7.91. The van der Waals surface area contributed by atoms with Crippen molar-refractivity contribution in [2.24, 2.45) is 4.99 Å². The van der Waals surface area contributed by atoms with Crippen LogP contribution in [0.4, 0.5) is 0 Å². The average Bonchev–Trinajstić information content (AvgIpc) is 3.06. The lowest BCUT2D eigenvalue weighted by atomic mass is 10.1. The molecule has 0 radical (unpaired) electrons. The Bertz CT molecular complexity index is 1330. The van der Waals surface area contributed by atoms with E-state index in [2.05, 4.69) is 4.99 Å². The number of aromatic nitrogens is 1. The van der Waals surface area contributed by atoms with Crippen molar-refractivity contribution in [3.05, 3.63) is 57.9 Å². The Morgan fingerprint density at radius 2 is 1.78 bits per heavy atom. The number of hydrogen-bond donors (Lipinski definition) is 0. The van der Waals surface area contributed by atoms with Gasteiger partial charge in [-0.1, -0.05) is 36.5 Å². The van der Waals surface area contributed by atoms with Crippen LogP contribution in [0.5, 0.6) is 0 Å². The Morgan fingerprint density at radius 3 is 2.41 bits per heavy atom. The van der Waals surface area contributed by atoms with Crippen molar-refractivity contribution in [3.8, 4) is 0 Å². The van der Waals surface area contributed by atoms with Gasteiger partial charge < -0.3 is 9.30 Å². The highest BCUT2D eigenvalue weighted by Crippen LogP contribution is 2.23. The van der Waals surface area contributed by atoms with Gasteiger partial charge in [-0.3, -0.25) is 9.59 Å². The highest BCUT2D eigenvalue weighted by Gasteiger charge is 2.15. The van der Waals surface area contributed by atoms with Gasteiger partial charge in [-0.15, -0.1) is 0 Å². The number of amides is 1. The SMILES string of the molecule is CCOC(=O)Cn1c(=NC(=O)Cc2ccc(S(=O)(=O)CC)cc2)sc2c(C)cc(C)cc21. The number of nitrogens with zero attached hydrogens (tertiary/aromatic N) is 2. The first kappa shape index (κ1) is 23.9. The molecule has 0 fully saturated rings. The summed E-state index contributed by atoms with van der Waals surface area (Å²) in [4.78, 5) is 29.8. The van der Waals surface area contributed by atoms with Crippen molar-refractivity contribution in [1.82, 2.24) is 4.57 Å². The molecule has 0 atom stereocenters. The van der Waals surface area contributed by atoms with E-state index in [0.717, 1.165) is 21.3 Å². The summed E-state index contributed by atoms with van der Waals surface area (Å²) >= 11 is 1.36. The van der Waals surface area contributed by atoms with Crippen molar-refractivity contribution < 1.29 is 22.7 Å². The van der Waals surface area contributed by atoms with Gasteiger partial charge in [-0.2, -0.15) is 4.99 Å². The Kier molecular flexibility index (Phi) is 7.30. The van der Waals surface area contributed by atoms with E-state index in [1.54, 1.807) is 30.5 Å². The zero-order chi connectivity index (χ0) is 23.5. The number of esters is 1. The first-order valence-corrected chi connectivity index (χ1v) is 12.8. The number of ether oxygens (including phenoxy) is 1. The lowest BCUT2D eigenvalue weighted by Gasteiger charge is -2.06. The van der Waals surface area contributed by atoms with E-state index < -0.39 is 15.8 Å². The molecule has 1 amide bonds. The molecule has 1 heterocycles. The molecule has 0 aliphatic carbocycles. The molecule has 1 aromatic heterocycles. The predicted octanol–water partition coefficient (Wildman–Crippen LogP) is 3.35. The Labute approximate surface area is 191 Å². The fourth-order valence-electron chi connectivity index (χ4n) is 3.39. The molecule has 0 spiro atoms. The molecule has 0 N–H and O–H groups in total. The van der Waals surface area contributed by atoms with Crippen molar-refractivity contribution >= 4 is 43.3 Å². The second-order valence-corrected chi connectivity index (χ2v) is 10.7. The van der Waals surface area contributed by atoms with Crippen LogP contribution >= 0.6 is 11.3 Å². The molecule has 170 valence electrons. The number of sulfone groups is 1. The summed E-state index contributed by atoms with van der Waals surface area (Å²) in [5, 5.41) is 0. The summed E-state index contributed by atoms with van der Waals surface area (Å²) in [6, 6.07) is 10.3. The fraction of sp³-hybridized carbons (Fsp3) is 0.348. The summed E-state index contributed by atoms with van der Waals surface area (Å²) in [5.74, 6) is -0.756. The molecule has 3 rings (SSSR count). The van der Waals surface area contributed by atoms with Crippen LogP contribution in [0.15, 0.2) is 46.3 Å². The van der Waals surface area contributed by atoms with E-state index >= 15 is 0 Å². The van der Waals surface area contributed by atoms with Crippen LogP contribution in [0, 0.1) is 13.8 Å². The van der Waals surface area contributed by atoms with E-state index in [4.69, 9.17) is 4.74 Å². The van der Waals surface area contributed by atoms with Crippen molar-refractivity contribution in [2.45, 2.75) is 45.6 Å².